The fraction of sp³-hybridized carbons (Fsp3) is 0.214. The lowest BCUT2D eigenvalue weighted by molar-refractivity contribution is 0.185. The summed E-state index contributed by atoms with van der Waals surface area (Å²) in [6.07, 6.45) is 0. The maximum Gasteiger partial charge on any atom is 0.193 e. The lowest BCUT2D eigenvalue weighted by Gasteiger charge is -2.10. The second kappa shape index (κ2) is 8.93. The molecule has 0 unspecified atom stereocenters. The van der Waals surface area contributed by atoms with E-state index in [9.17, 15) is 0 Å². The number of nitrogens with two attached hydrogens (primary N) is 1. The number of rotatable bonds is 5. The summed E-state index contributed by atoms with van der Waals surface area (Å²) in [4.78, 5) is 4.31. The summed E-state index contributed by atoms with van der Waals surface area (Å²) in [7, 11) is 1.67. The number of benzene rings is 1. The summed E-state index contributed by atoms with van der Waals surface area (Å²) in [6, 6.07) is 9.92. The smallest absolute Gasteiger partial charge is 0.193 e. The van der Waals surface area contributed by atoms with Crippen LogP contribution >= 0.6 is 35.3 Å². The summed E-state index contributed by atoms with van der Waals surface area (Å²) in [6.45, 7) is 1.13. The Hall–Kier alpha value is -1.12. The quantitative estimate of drug-likeness (QED) is 0.457. The van der Waals surface area contributed by atoms with Crippen LogP contribution in [0.4, 0.5) is 5.69 Å². The van der Waals surface area contributed by atoms with Gasteiger partial charge in [0.25, 0.3) is 0 Å². The molecule has 0 fully saturated rings. The molecular weight excluding hydrogens is 385 g/mol. The molecule has 0 atom stereocenters. The maximum absolute atomic E-state index is 5.89. The topological polar surface area (TPSA) is 59.6 Å². The van der Waals surface area contributed by atoms with Crippen molar-refractivity contribution < 1.29 is 4.74 Å². The molecule has 0 amide bonds. The fourth-order valence-electron chi connectivity index (χ4n) is 1.66. The fourth-order valence-corrected chi connectivity index (χ4v) is 2.32. The summed E-state index contributed by atoms with van der Waals surface area (Å²) in [5.41, 5.74) is 9.04. The van der Waals surface area contributed by atoms with E-state index in [1.165, 1.54) is 5.56 Å². The van der Waals surface area contributed by atoms with E-state index in [1.807, 2.05) is 35.7 Å². The van der Waals surface area contributed by atoms with Gasteiger partial charge in [-0.25, -0.2) is 4.99 Å². The predicted octanol–water partition coefficient (Wildman–Crippen LogP) is 3.44. The van der Waals surface area contributed by atoms with Crippen molar-refractivity contribution in [2.24, 2.45) is 10.7 Å². The highest BCUT2D eigenvalue weighted by molar-refractivity contribution is 14.0. The largest absolute Gasteiger partial charge is 0.380 e. The SMILES string of the molecule is COCc1ccccc1NC(N)=NCc1ccsc1.I. The van der Waals surface area contributed by atoms with E-state index in [2.05, 4.69) is 15.7 Å². The monoisotopic (exact) mass is 403 g/mol. The minimum absolute atomic E-state index is 0. The molecule has 2 rings (SSSR count). The van der Waals surface area contributed by atoms with Crippen molar-refractivity contribution >= 4 is 47.0 Å². The number of anilines is 1. The van der Waals surface area contributed by atoms with Crippen LogP contribution in [0.3, 0.4) is 0 Å². The number of aliphatic imine (C=N–C) groups is 1. The normalized spacial score (nSPS) is 10.9. The van der Waals surface area contributed by atoms with E-state index in [4.69, 9.17) is 10.5 Å². The van der Waals surface area contributed by atoms with Crippen LogP contribution in [0.25, 0.3) is 0 Å². The van der Waals surface area contributed by atoms with Crippen molar-refractivity contribution in [2.75, 3.05) is 12.4 Å². The lowest BCUT2D eigenvalue weighted by atomic mass is 10.2. The molecule has 6 heteroatoms. The number of hydrogen-bond donors (Lipinski definition) is 2. The van der Waals surface area contributed by atoms with E-state index in [1.54, 1.807) is 18.4 Å². The third-order valence-electron chi connectivity index (χ3n) is 2.59. The Kier molecular flexibility index (Phi) is 7.56. The number of halogens is 1. The Balaban J connectivity index is 0.00000200. The van der Waals surface area contributed by atoms with Gasteiger partial charge < -0.3 is 15.8 Å². The molecule has 4 nitrogen and oxygen atoms in total. The van der Waals surface area contributed by atoms with Gasteiger partial charge in [0, 0.05) is 18.4 Å². The first-order valence-corrected chi connectivity index (χ1v) is 6.88. The third-order valence-corrected chi connectivity index (χ3v) is 3.32. The number of para-hydroxylation sites is 1. The minimum atomic E-state index is 0. The van der Waals surface area contributed by atoms with Crippen molar-refractivity contribution in [3.05, 3.63) is 52.2 Å². The Morgan fingerprint density at radius 2 is 2.15 bits per heavy atom. The summed E-state index contributed by atoms with van der Waals surface area (Å²) in [5.74, 6) is 0.412. The number of nitrogens with one attached hydrogen (secondary N) is 1. The first-order chi connectivity index (χ1) is 9.29. The van der Waals surface area contributed by atoms with Crippen molar-refractivity contribution in [2.45, 2.75) is 13.2 Å². The molecule has 20 heavy (non-hydrogen) atoms. The molecule has 0 bridgehead atoms. The van der Waals surface area contributed by atoms with Gasteiger partial charge in [-0.15, -0.1) is 24.0 Å². The Labute approximate surface area is 140 Å². The van der Waals surface area contributed by atoms with Crippen LogP contribution in [0.5, 0.6) is 0 Å². The molecule has 0 saturated heterocycles. The number of methoxy groups -OCH3 is 1. The molecule has 0 saturated carbocycles. The van der Waals surface area contributed by atoms with Gasteiger partial charge in [0.15, 0.2) is 5.96 Å². The highest BCUT2D eigenvalue weighted by Gasteiger charge is 2.02. The summed E-state index contributed by atoms with van der Waals surface area (Å²) >= 11 is 1.66. The van der Waals surface area contributed by atoms with Gasteiger partial charge in [-0.1, -0.05) is 18.2 Å². The van der Waals surface area contributed by atoms with Crippen molar-refractivity contribution in [1.82, 2.24) is 0 Å². The lowest BCUT2D eigenvalue weighted by Crippen LogP contribution is -2.23. The third kappa shape index (κ3) is 5.10. The van der Waals surface area contributed by atoms with E-state index < -0.39 is 0 Å². The molecule has 0 aliphatic rings. The standard InChI is InChI=1S/C14H17N3OS.HI/c1-18-9-12-4-2-3-5-13(12)17-14(15)16-8-11-6-7-19-10-11;/h2-7,10H,8-9H2,1H3,(H3,15,16,17);1H. The second-order valence-electron chi connectivity index (χ2n) is 4.05. The van der Waals surface area contributed by atoms with E-state index in [0.29, 0.717) is 19.1 Å². The molecular formula is C14H18IN3OS. The number of hydrogen-bond acceptors (Lipinski definition) is 3. The number of ether oxygens (including phenoxy) is 1. The number of guanidine groups is 1. The highest BCUT2D eigenvalue weighted by Crippen LogP contribution is 2.15. The number of thiophene rings is 1. The Bertz CT molecular complexity index is 543. The first kappa shape index (κ1) is 16.9. The molecule has 1 aromatic carbocycles. The van der Waals surface area contributed by atoms with Crippen LogP contribution in [0, 0.1) is 0 Å². The molecule has 3 N–H and O–H groups in total. The molecule has 0 aliphatic carbocycles. The zero-order valence-corrected chi connectivity index (χ0v) is 14.4. The molecule has 0 aliphatic heterocycles. The summed E-state index contributed by atoms with van der Waals surface area (Å²) in [5, 5.41) is 7.20. The van der Waals surface area contributed by atoms with Gasteiger partial charge in [0.05, 0.1) is 13.2 Å². The van der Waals surface area contributed by atoms with Crippen LogP contribution in [-0.2, 0) is 17.9 Å². The predicted molar refractivity (Wildman–Crippen MR) is 95.8 cm³/mol. The van der Waals surface area contributed by atoms with Crippen molar-refractivity contribution in [1.29, 1.82) is 0 Å². The van der Waals surface area contributed by atoms with E-state index >= 15 is 0 Å². The first-order valence-electron chi connectivity index (χ1n) is 5.94. The van der Waals surface area contributed by atoms with Gasteiger partial charge in [0.1, 0.15) is 0 Å². The van der Waals surface area contributed by atoms with Gasteiger partial charge >= 0.3 is 0 Å². The van der Waals surface area contributed by atoms with Crippen LogP contribution in [0.15, 0.2) is 46.1 Å². The van der Waals surface area contributed by atoms with E-state index in [-0.39, 0.29) is 24.0 Å². The van der Waals surface area contributed by atoms with Crippen LogP contribution in [0.2, 0.25) is 0 Å². The molecule has 1 aromatic heterocycles. The number of nitrogens with zero attached hydrogens (tertiary/aromatic N) is 1. The molecule has 0 radical (unpaired) electrons. The van der Waals surface area contributed by atoms with Gasteiger partial charge in [-0.3, -0.25) is 0 Å². The minimum Gasteiger partial charge on any atom is -0.380 e. The van der Waals surface area contributed by atoms with Crippen LogP contribution in [0.1, 0.15) is 11.1 Å². The molecule has 1 heterocycles. The average Bonchev–Trinajstić information content (AvgIpc) is 2.92. The van der Waals surface area contributed by atoms with Gasteiger partial charge in [0.2, 0.25) is 0 Å². The Morgan fingerprint density at radius 1 is 1.35 bits per heavy atom. The maximum atomic E-state index is 5.89. The van der Waals surface area contributed by atoms with Gasteiger partial charge in [-0.05, 0) is 28.5 Å². The van der Waals surface area contributed by atoms with E-state index in [0.717, 1.165) is 11.3 Å². The highest BCUT2D eigenvalue weighted by atomic mass is 127. The second-order valence-corrected chi connectivity index (χ2v) is 4.83. The average molecular weight is 403 g/mol. The van der Waals surface area contributed by atoms with Crippen LogP contribution in [-0.4, -0.2) is 13.1 Å². The van der Waals surface area contributed by atoms with Gasteiger partial charge in [-0.2, -0.15) is 11.3 Å². The summed E-state index contributed by atoms with van der Waals surface area (Å²) < 4.78 is 5.15. The molecule has 108 valence electrons. The zero-order chi connectivity index (χ0) is 13.5. The van der Waals surface area contributed by atoms with Crippen molar-refractivity contribution in [3.8, 4) is 0 Å². The molecule has 2 aromatic rings. The zero-order valence-electron chi connectivity index (χ0n) is 11.2. The van der Waals surface area contributed by atoms with Crippen molar-refractivity contribution in [3.63, 3.8) is 0 Å². The Morgan fingerprint density at radius 3 is 2.85 bits per heavy atom. The molecule has 0 spiro atoms. The van der Waals surface area contributed by atoms with Crippen LogP contribution < -0.4 is 11.1 Å².